The first kappa shape index (κ1) is 13.1. The summed E-state index contributed by atoms with van der Waals surface area (Å²) in [4.78, 5) is 4.39. The molecule has 1 aromatic rings. The van der Waals surface area contributed by atoms with Crippen molar-refractivity contribution < 1.29 is 10.2 Å². The van der Waals surface area contributed by atoms with E-state index in [4.69, 9.17) is 40.5 Å². The first-order chi connectivity index (χ1) is 7.93. The van der Waals surface area contributed by atoms with Gasteiger partial charge in [-0.1, -0.05) is 46.1 Å². The molecular formula is C9H7Cl3N2O2S. The minimum Gasteiger partial charge on any atom is -0.383 e. The van der Waals surface area contributed by atoms with Crippen molar-refractivity contribution in [1.29, 1.82) is 0 Å². The molecule has 0 bridgehead atoms. The molecule has 0 aromatic carbocycles. The molecule has 4 nitrogen and oxygen atoms in total. The minimum absolute atomic E-state index is 0.0237. The second-order valence-corrected chi connectivity index (χ2v) is 5.61. The highest BCUT2D eigenvalue weighted by atomic mass is 35.5. The highest BCUT2D eigenvalue weighted by Crippen LogP contribution is 2.42. The second-order valence-electron chi connectivity index (χ2n) is 3.33. The zero-order valence-corrected chi connectivity index (χ0v) is 11.3. The molecule has 2 rings (SSSR count). The van der Waals surface area contributed by atoms with E-state index in [1.807, 2.05) is 0 Å². The van der Waals surface area contributed by atoms with Gasteiger partial charge in [0.2, 0.25) is 0 Å². The van der Waals surface area contributed by atoms with Crippen molar-refractivity contribution in [3.63, 3.8) is 0 Å². The van der Waals surface area contributed by atoms with E-state index in [9.17, 15) is 10.2 Å². The zero-order valence-electron chi connectivity index (χ0n) is 8.19. The monoisotopic (exact) mass is 312 g/mol. The number of hydrogen-bond acceptors (Lipinski definition) is 5. The largest absolute Gasteiger partial charge is 0.383 e. The van der Waals surface area contributed by atoms with E-state index < -0.39 is 12.2 Å². The molecule has 8 heteroatoms. The van der Waals surface area contributed by atoms with Gasteiger partial charge < -0.3 is 15.9 Å². The summed E-state index contributed by atoms with van der Waals surface area (Å²) in [5.74, 6) is 0. The summed E-state index contributed by atoms with van der Waals surface area (Å²) in [5, 5.41) is 19.9. The molecule has 0 fully saturated rings. The maximum atomic E-state index is 9.97. The van der Waals surface area contributed by atoms with Crippen LogP contribution in [0.4, 0.5) is 5.13 Å². The lowest BCUT2D eigenvalue weighted by Gasteiger charge is -2.25. The SMILES string of the molecule is Nc1ncc(C2=C(Cl)C(O)C(Cl)=C(Cl)C2O)s1. The van der Waals surface area contributed by atoms with Crippen LogP contribution in [0.15, 0.2) is 21.3 Å². The normalized spacial score (nSPS) is 25.7. The molecule has 0 saturated heterocycles. The molecule has 0 radical (unpaired) electrons. The van der Waals surface area contributed by atoms with Crippen LogP contribution in [0.25, 0.3) is 5.57 Å². The maximum Gasteiger partial charge on any atom is 0.180 e. The molecule has 92 valence electrons. The van der Waals surface area contributed by atoms with Gasteiger partial charge in [0.25, 0.3) is 0 Å². The van der Waals surface area contributed by atoms with Gasteiger partial charge in [0.1, 0.15) is 12.2 Å². The Labute approximate surface area is 116 Å². The fourth-order valence-corrected chi connectivity index (χ4v) is 3.06. The quantitative estimate of drug-likeness (QED) is 0.742. The average Bonchev–Trinajstić information content (AvgIpc) is 2.71. The van der Waals surface area contributed by atoms with E-state index in [2.05, 4.69) is 4.98 Å². The Morgan fingerprint density at radius 2 is 1.71 bits per heavy atom. The number of aromatic nitrogens is 1. The van der Waals surface area contributed by atoms with Gasteiger partial charge >= 0.3 is 0 Å². The van der Waals surface area contributed by atoms with Crippen LogP contribution in [0.1, 0.15) is 4.88 Å². The van der Waals surface area contributed by atoms with Crippen LogP contribution in [0.2, 0.25) is 0 Å². The topological polar surface area (TPSA) is 79.4 Å². The van der Waals surface area contributed by atoms with Gasteiger partial charge in [-0.25, -0.2) is 4.98 Å². The molecule has 1 aliphatic rings. The third kappa shape index (κ3) is 2.19. The lowest BCUT2D eigenvalue weighted by Crippen LogP contribution is -2.24. The number of nitrogens with two attached hydrogens (primary N) is 1. The summed E-state index contributed by atoms with van der Waals surface area (Å²) >= 11 is 18.7. The van der Waals surface area contributed by atoms with Gasteiger partial charge in [0.05, 0.1) is 20.0 Å². The van der Waals surface area contributed by atoms with Gasteiger partial charge in [-0.2, -0.15) is 0 Å². The van der Waals surface area contributed by atoms with E-state index in [-0.39, 0.29) is 20.7 Å². The Kier molecular flexibility index (Phi) is 3.68. The molecule has 1 aromatic heterocycles. The number of nitrogens with zero attached hydrogens (tertiary/aromatic N) is 1. The summed E-state index contributed by atoms with van der Waals surface area (Å²) in [6.07, 6.45) is -0.954. The van der Waals surface area contributed by atoms with E-state index in [1.165, 1.54) is 6.20 Å². The van der Waals surface area contributed by atoms with Crippen LogP contribution in [0.3, 0.4) is 0 Å². The maximum absolute atomic E-state index is 9.97. The number of halogens is 3. The van der Waals surface area contributed by atoms with Crippen molar-refractivity contribution in [2.24, 2.45) is 0 Å². The molecule has 1 aliphatic carbocycles. The highest BCUT2D eigenvalue weighted by molar-refractivity contribution is 7.16. The third-order valence-corrected chi connectivity index (χ3v) is 4.46. The van der Waals surface area contributed by atoms with Crippen molar-refractivity contribution in [3.8, 4) is 0 Å². The molecule has 0 amide bonds. The van der Waals surface area contributed by atoms with Crippen molar-refractivity contribution in [2.75, 3.05) is 5.73 Å². The number of thiazole rings is 1. The Morgan fingerprint density at radius 1 is 1.12 bits per heavy atom. The Bertz CT molecular complexity index is 526. The number of rotatable bonds is 1. The number of aliphatic hydroxyl groups excluding tert-OH is 2. The summed E-state index contributed by atoms with van der Waals surface area (Å²) in [5.41, 5.74) is 5.78. The van der Waals surface area contributed by atoms with E-state index in [1.54, 1.807) is 0 Å². The van der Waals surface area contributed by atoms with Crippen LogP contribution in [-0.4, -0.2) is 27.4 Å². The van der Waals surface area contributed by atoms with E-state index in [0.29, 0.717) is 10.0 Å². The standard InChI is InChI=1S/C9H7Cl3N2O2S/c10-4-3(2-1-14-9(13)17-2)7(15)5(11)6(12)8(4)16/h1,7-8,15-16H,(H2,13,14). The Hall–Kier alpha value is -0.300. The number of hydrogen-bond donors (Lipinski definition) is 3. The highest BCUT2D eigenvalue weighted by Gasteiger charge is 2.34. The summed E-state index contributed by atoms with van der Waals surface area (Å²) in [7, 11) is 0. The first-order valence-corrected chi connectivity index (χ1v) is 6.41. The zero-order chi connectivity index (χ0) is 12.7. The molecule has 1 heterocycles. The molecular weight excluding hydrogens is 307 g/mol. The molecule has 2 unspecified atom stereocenters. The number of nitrogen functional groups attached to an aromatic ring is 1. The first-order valence-electron chi connectivity index (χ1n) is 4.46. The summed E-state index contributed by atoms with van der Waals surface area (Å²) in [6.45, 7) is 0. The van der Waals surface area contributed by atoms with Crippen LogP contribution in [0, 0.1) is 0 Å². The van der Waals surface area contributed by atoms with E-state index >= 15 is 0 Å². The fourth-order valence-electron chi connectivity index (χ4n) is 1.44. The molecule has 4 N–H and O–H groups in total. The smallest absolute Gasteiger partial charge is 0.180 e. The third-order valence-electron chi connectivity index (χ3n) is 2.27. The number of anilines is 1. The minimum atomic E-state index is -1.23. The van der Waals surface area contributed by atoms with Gasteiger partial charge in [0.15, 0.2) is 5.13 Å². The van der Waals surface area contributed by atoms with Gasteiger partial charge in [-0.05, 0) is 0 Å². The molecule has 2 atom stereocenters. The molecule has 17 heavy (non-hydrogen) atoms. The van der Waals surface area contributed by atoms with Crippen LogP contribution in [0.5, 0.6) is 0 Å². The molecule has 0 saturated carbocycles. The van der Waals surface area contributed by atoms with Gasteiger partial charge in [0, 0.05) is 11.8 Å². The van der Waals surface area contributed by atoms with Crippen molar-refractivity contribution in [3.05, 3.63) is 26.2 Å². The summed E-state index contributed by atoms with van der Waals surface area (Å²) < 4.78 is 0. The van der Waals surface area contributed by atoms with E-state index in [0.717, 1.165) is 11.3 Å². The lowest BCUT2D eigenvalue weighted by atomic mass is 9.99. The van der Waals surface area contributed by atoms with Gasteiger partial charge in [-0.3, -0.25) is 0 Å². The number of aliphatic hydroxyl groups is 2. The molecule has 0 spiro atoms. The van der Waals surface area contributed by atoms with Crippen LogP contribution >= 0.6 is 46.1 Å². The van der Waals surface area contributed by atoms with Crippen molar-refractivity contribution in [2.45, 2.75) is 12.2 Å². The predicted molar refractivity (Wildman–Crippen MR) is 70.0 cm³/mol. The predicted octanol–water partition coefficient (Wildman–Crippen LogP) is 2.10. The van der Waals surface area contributed by atoms with Crippen LogP contribution in [-0.2, 0) is 0 Å². The van der Waals surface area contributed by atoms with Crippen molar-refractivity contribution in [1.82, 2.24) is 4.98 Å². The fraction of sp³-hybridized carbons (Fsp3) is 0.222. The van der Waals surface area contributed by atoms with Crippen LogP contribution < -0.4 is 5.73 Å². The van der Waals surface area contributed by atoms with Gasteiger partial charge in [-0.15, -0.1) is 0 Å². The summed E-state index contributed by atoms with van der Waals surface area (Å²) in [6, 6.07) is 0. The molecule has 0 aliphatic heterocycles. The average molecular weight is 314 g/mol. The lowest BCUT2D eigenvalue weighted by molar-refractivity contribution is 0.236. The second kappa shape index (κ2) is 4.76. The Morgan fingerprint density at radius 3 is 2.24 bits per heavy atom. The van der Waals surface area contributed by atoms with Crippen molar-refractivity contribution >= 4 is 56.8 Å². The Balaban J connectivity index is 2.53.